The number of fused-ring (bicyclic) bond motifs is 1. The summed E-state index contributed by atoms with van der Waals surface area (Å²) in [6, 6.07) is 6.78. The molecule has 1 aliphatic carbocycles. The molecule has 2 aromatic rings. The highest BCUT2D eigenvalue weighted by molar-refractivity contribution is 9.10. The topological polar surface area (TPSA) is 43.8 Å². The number of nitrogen functional groups attached to an aromatic ring is 1. The summed E-state index contributed by atoms with van der Waals surface area (Å²) in [5.74, 6) is 0.588. The first-order valence-electron chi connectivity index (χ1n) is 6.33. The van der Waals surface area contributed by atoms with Crippen molar-refractivity contribution in [3.05, 3.63) is 44.5 Å². The largest absolute Gasteiger partial charge is 0.383 e. The monoisotopic (exact) mass is 339 g/mol. The van der Waals surface area contributed by atoms with Crippen LogP contribution in [0.5, 0.6) is 0 Å². The first-order valence-corrected chi connectivity index (χ1v) is 7.50. The van der Waals surface area contributed by atoms with E-state index in [-0.39, 0.29) is 0 Å². The van der Waals surface area contributed by atoms with Crippen LogP contribution in [0.15, 0.2) is 22.7 Å². The number of nitrogens with two attached hydrogens (primary N) is 1. The van der Waals surface area contributed by atoms with Crippen LogP contribution in [-0.4, -0.2) is 9.78 Å². The molecule has 1 heterocycles. The van der Waals surface area contributed by atoms with E-state index in [1.807, 2.05) is 11.6 Å². The highest BCUT2D eigenvalue weighted by atomic mass is 79.9. The van der Waals surface area contributed by atoms with Crippen molar-refractivity contribution in [3.63, 3.8) is 0 Å². The molecule has 0 spiro atoms. The van der Waals surface area contributed by atoms with E-state index in [0.717, 1.165) is 29.4 Å². The fourth-order valence-electron chi connectivity index (χ4n) is 2.74. The summed E-state index contributed by atoms with van der Waals surface area (Å²) in [6.07, 6.45) is 3.06. The lowest BCUT2D eigenvalue weighted by molar-refractivity contribution is 0.409. The van der Waals surface area contributed by atoms with Gasteiger partial charge in [0.05, 0.1) is 11.7 Å². The van der Waals surface area contributed by atoms with E-state index < -0.39 is 0 Å². The van der Waals surface area contributed by atoms with Crippen molar-refractivity contribution in [2.75, 3.05) is 5.73 Å². The van der Waals surface area contributed by atoms with E-state index >= 15 is 0 Å². The van der Waals surface area contributed by atoms with Crippen LogP contribution in [0.4, 0.5) is 5.82 Å². The number of aryl methyl sites for hydroxylation is 2. The third kappa shape index (κ3) is 2.28. The molecule has 1 aromatic heterocycles. The average molecular weight is 341 g/mol. The molecule has 0 saturated carbocycles. The maximum Gasteiger partial charge on any atom is 0.141 e. The Hall–Kier alpha value is -1.00. The van der Waals surface area contributed by atoms with Gasteiger partial charge in [-0.25, -0.2) is 4.68 Å². The minimum atomic E-state index is 0.305. The predicted molar refractivity (Wildman–Crippen MR) is 81.6 cm³/mol. The molecular formula is C14H15BrClN3. The Balaban J connectivity index is 1.93. The maximum atomic E-state index is 6.12. The van der Waals surface area contributed by atoms with Crippen molar-refractivity contribution in [1.82, 2.24) is 9.78 Å². The average Bonchev–Trinajstić information content (AvgIpc) is 2.66. The smallest absolute Gasteiger partial charge is 0.141 e. The van der Waals surface area contributed by atoms with Crippen LogP contribution in [0.25, 0.3) is 0 Å². The molecule has 3 nitrogen and oxygen atoms in total. The molecule has 0 radical (unpaired) electrons. The van der Waals surface area contributed by atoms with E-state index in [4.69, 9.17) is 17.3 Å². The van der Waals surface area contributed by atoms with Crippen molar-refractivity contribution in [2.24, 2.45) is 0 Å². The molecule has 3 rings (SSSR count). The molecule has 1 aromatic carbocycles. The highest BCUT2D eigenvalue weighted by Crippen LogP contribution is 2.34. The Bertz CT molecular complexity index is 636. The number of hydrogen-bond donors (Lipinski definition) is 1. The Labute approximate surface area is 125 Å². The zero-order valence-electron chi connectivity index (χ0n) is 10.7. The van der Waals surface area contributed by atoms with Crippen molar-refractivity contribution < 1.29 is 0 Å². The minimum Gasteiger partial charge on any atom is -0.383 e. The maximum absolute atomic E-state index is 6.12. The Kier molecular flexibility index (Phi) is 3.31. The van der Waals surface area contributed by atoms with Gasteiger partial charge in [0, 0.05) is 4.47 Å². The Morgan fingerprint density at radius 1 is 1.42 bits per heavy atom. The summed E-state index contributed by atoms with van der Waals surface area (Å²) in [5, 5.41) is 5.06. The van der Waals surface area contributed by atoms with Gasteiger partial charge in [0.1, 0.15) is 10.8 Å². The number of halogens is 2. The van der Waals surface area contributed by atoms with Crippen LogP contribution in [0.2, 0.25) is 5.02 Å². The SMILES string of the molecule is Cc1nn(C2CCc3cc(Br)ccc3C2)c(N)c1Cl. The van der Waals surface area contributed by atoms with E-state index in [9.17, 15) is 0 Å². The number of anilines is 1. The van der Waals surface area contributed by atoms with Gasteiger partial charge in [-0.1, -0.05) is 33.6 Å². The van der Waals surface area contributed by atoms with Gasteiger partial charge < -0.3 is 5.73 Å². The van der Waals surface area contributed by atoms with Crippen molar-refractivity contribution in [3.8, 4) is 0 Å². The van der Waals surface area contributed by atoms with Crippen LogP contribution in [0.1, 0.15) is 29.3 Å². The van der Waals surface area contributed by atoms with Crippen molar-refractivity contribution >= 4 is 33.3 Å². The summed E-state index contributed by atoms with van der Waals surface area (Å²) in [4.78, 5) is 0. The molecule has 0 fully saturated rings. The molecule has 5 heteroatoms. The van der Waals surface area contributed by atoms with E-state index in [1.54, 1.807) is 0 Å². The fraction of sp³-hybridized carbons (Fsp3) is 0.357. The molecule has 19 heavy (non-hydrogen) atoms. The van der Waals surface area contributed by atoms with Gasteiger partial charge in [-0.05, 0) is 49.4 Å². The molecule has 0 aliphatic heterocycles. The van der Waals surface area contributed by atoms with Crippen LogP contribution in [0.3, 0.4) is 0 Å². The number of hydrogen-bond acceptors (Lipinski definition) is 2. The van der Waals surface area contributed by atoms with Gasteiger partial charge in [-0.2, -0.15) is 5.10 Å². The molecule has 100 valence electrons. The van der Waals surface area contributed by atoms with Gasteiger partial charge in [-0.15, -0.1) is 0 Å². The van der Waals surface area contributed by atoms with Gasteiger partial charge in [0.2, 0.25) is 0 Å². The number of aromatic nitrogens is 2. The highest BCUT2D eigenvalue weighted by Gasteiger charge is 2.24. The lowest BCUT2D eigenvalue weighted by Gasteiger charge is -2.25. The molecule has 1 atom stereocenters. The van der Waals surface area contributed by atoms with E-state index in [0.29, 0.717) is 16.9 Å². The second kappa shape index (κ2) is 4.84. The normalized spacial score (nSPS) is 18.4. The fourth-order valence-corrected chi connectivity index (χ4v) is 3.27. The molecule has 0 bridgehead atoms. The third-order valence-corrected chi connectivity index (χ3v) is 4.72. The van der Waals surface area contributed by atoms with Gasteiger partial charge >= 0.3 is 0 Å². The molecule has 1 unspecified atom stereocenters. The van der Waals surface area contributed by atoms with Crippen LogP contribution < -0.4 is 5.73 Å². The summed E-state index contributed by atoms with van der Waals surface area (Å²) >= 11 is 9.64. The zero-order chi connectivity index (χ0) is 13.6. The summed E-state index contributed by atoms with van der Waals surface area (Å²) in [5.41, 5.74) is 9.64. The molecule has 0 amide bonds. The number of benzene rings is 1. The lowest BCUT2D eigenvalue weighted by Crippen LogP contribution is -2.21. The first kappa shape index (κ1) is 13.0. The predicted octanol–water partition coefficient (Wildman–Crippen LogP) is 3.92. The Morgan fingerprint density at radius 2 is 2.21 bits per heavy atom. The minimum absolute atomic E-state index is 0.305. The van der Waals surface area contributed by atoms with Gasteiger partial charge in [-0.3, -0.25) is 0 Å². The van der Waals surface area contributed by atoms with Crippen molar-refractivity contribution in [1.29, 1.82) is 0 Å². The summed E-state index contributed by atoms with van der Waals surface area (Å²) in [6.45, 7) is 1.89. The number of rotatable bonds is 1. The van der Waals surface area contributed by atoms with Gasteiger partial charge in [0.25, 0.3) is 0 Å². The van der Waals surface area contributed by atoms with Crippen LogP contribution >= 0.6 is 27.5 Å². The van der Waals surface area contributed by atoms with E-state index in [2.05, 4.69) is 39.2 Å². The van der Waals surface area contributed by atoms with Crippen LogP contribution in [0, 0.1) is 6.92 Å². The molecule has 2 N–H and O–H groups in total. The third-order valence-electron chi connectivity index (χ3n) is 3.76. The Morgan fingerprint density at radius 3 is 2.89 bits per heavy atom. The second-order valence-electron chi connectivity index (χ2n) is 5.04. The molecule has 1 aliphatic rings. The standard InChI is InChI=1S/C14H15BrClN3/c1-8-13(16)14(17)19(18-8)12-5-3-9-6-11(15)4-2-10(9)7-12/h2,4,6,12H,3,5,7,17H2,1H3. The quantitative estimate of drug-likeness (QED) is 0.855. The summed E-state index contributed by atoms with van der Waals surface area (Å²) < 4.78 is 3.03. The summed E-state index contributed by atoms with van der Waals surface area (Å²) in [7, 11) is 0. The van der Waals surface area contributed by atoms with Crippen LogP contribution in [-0.2, 0) is 12.8 Å². The lowest BCUT2D eigenvalue weighted by atomic mass is 9.88. The molecular weight excluding hydrogens is 326 g/mol. The molecule has 0 saturated heterocycles. The van der Waals surface area contributed by atoms with E-state index in [1.165, 1.54) is 11.1 Å². The van der Waals surface area contributed by atoms with Crippen molar-refractivity contribution in [2.45, 2.75) is 32.2 Å². The number of nitrogens with zero attached hydrogens (tertiary/aromatic N) is 2. The first-order chi connectivity index (χ1) is 9.06. The second-order valence-corrected chi connectivity index (χ2v) is 6.33. The zero-order valence-corrected chi connectivity index (χ0v) is 13.0. The van der Waals surface area contributed by atoms with Gasteiger partial charge in [0.15, 0.2) is 0 Å².